The van der Waals surface area contributed by atoms with Gasteiger partial charge in [-0.25, -0.2) is 0 Å². The highest BCUT2D eigenvalue weighted by atomic mass is 35.5. The zero-order chi connectivity index (χ0) is 14.8. The van der Waals surface area contributed by atoms with Gasteiger partial charge in [-0.1, -0.05) is 36.6 Å². The van der Waals surface area contributed by atoms with E-state index in [1.165, 1.54) is 50.6 Å². The first-order valence-electron chi connectivity index (χ1n) is 8.43. The van der Waals surface area contributed by atoms with Crippen LogP contribution < -0.4 is 5.73 Å². The number of hydrogen-bond donors (Lipinski definition) is 1. The lowest BCUT2D eigenvalue weighted by atomic mass is 9.77. The minimum absolute atomic E-state index is 0.145. The van der Waals surface area contributed by atoms with Crippen molar-refractivity contribution < 1.29 is 0 Å². The second kappa shape index (κ2) is 6.68. The van der Waals surface area contributed by atoms with Gasteiger partial charge in [-0.3, -0.25) is 4.90 Å². The van der Waals surface area contributed by atoms with Gasteiger partial charge in [0.1, 0.15) is 0 Å². The monoisotopic (exact) mass is 306 g/mol. The minimum atomic E-state index is 0.145. The predicted molar refractivity (Wildman–Crippen MR) is 89.5 cm³/mol. The summed E-state index contributed by atoms with van der Waals surface area (Å²) in [6.45, 7) is 3.34. The predicted octanol–water partition coefficient (Wildman–Crippen LogP) is 4.38. The van der Waals surface area contributed by atoms with Gasteiger partial charge in [0.2, 0.25) is 0 Å². The van der Waals surface area contributed by atoms with Crippen LogP contribution in [0.4, 0.5) is 0 Å². The number of benzene rings is 1. The molecule has 0 bridgehead atoms. The van der Waals surface area contributed by atoms with Gasteiger partial charge in [0.15, 0.2) is 0 Å². The third kappa shape index (κ3) is 3.28. The van der Waals surface area contributed by atoms with Crippen LogP contribution in [0.3, 0.4) is 0 Å². The summed E-state index contributed by atoms with van der Waals surface area (Å²) in [7, 11) is 0. The van der Waals surface area contributed by atoms with Crippen molar-refractivity contribution in [3.63, 3.8) is 0 Å². The molecule has 4 unspecified atom stereocenters. The number of fused-ring (bicyclic) bond motifs is 1. The van der Waals surface area contributed by atoms with Crippen LogP contribution in [0.5, 0.6) is 0 Å². The van der Waals surface area contributed by atoms with Crippen LogP contribution in [0.1, 0.15) is 57.1 Å². The highest BCUT2D eigenvalue weighted by Crippen LogP contribution is 2.40. The van der Waals surface area contributed by atoms with E-state index < -0.39 is 0 Å². The van der Waals surface area contributed by atoms with Gasteiger partial charge in [-0.15, -0.1) is 0 Å². The summed E-state index contributed by atoms with van der Waals surface area (Å²) < 4.78 is 0. The Bertz CT molecular complexity index is 455. The van der Waals surface area contributed by atoms with E-state index in [1.54, 1.807) is 0 Å². The SMILES string of the molecule is CC(N)C(c1ccc(Cl)cc1)N1CCCC2CCCCC21. The van der Waals surface area contributed by atoms with Crippen molar-refractivity contribution in [2.45, 2.75) is 63.6 Å². The zero-order valence-corrected chi connectivity index (χ0v) is 13.7. The summed E-state index contributed by atoms with van der Waals surface area (Å²) in [6.07, 6.45) is 8.28. The molecule has 1 saturated carbocycles. The van der Waals surface area contributed by atoms with E-state index in [-0.39, 0.29) is 6.04 Å². The van der Waals surface area contributed by atoms with E-state index in [0.717, 1.165) is 17.0 Å². The van der Waals surface area contributed by atoms with E-state index in [9.17, 15) is 0 Å². The van der Waals surface area contributed by atoms with Crippen LogP contribution in [0, 0.1) is 5.92 Å². The zero-order valence-electron chi connectivity index (χ0n) is 13.0. The Morgan fingerprint density at radius 2 is 1.76 bits per heavy atom. The van der Waals surface area contributed by atoms with Gasteiger partial charge in [0, 0.05) is 23.1 Å². The first-order chi connectivity index (χ1) is 10.2. The highest BCUT2D eigenvalue weighted by Gasteiger charge is 2.38. The lowest BCUT2D eigenvalue weighted by Crippen LogP contribution is -2.52. The van der Waals surface area contributed by atoms with Crippen molar-refractivity contribution in [2.75, 3.05) is 6.54 Å². The Balaban J connectivity index is 1.87. The van der Waals surface area contributed by atoms with E-state index in [4.69, 9.17) is 17.3 Å². The molecule has 2 N–H and O–H groups in total. The molecule has 0 spiro atoms. The smallest absolute Gasteiger partial charge is 0.0499 e. The quantitative estimate of drug-likeness (QED) is 0.897. The molecule has 3 rings (SSSR count). The molecule has 0 amide bonds. The van der Waals surface area contributed by atoms with Gasteiger partial charge in [-0.2, -0.15) is 0 Å². The Kier molecular flexibility index (Phi) is 4.88. The van der Waals surface area contributed by atoms with Crippen LogP contribution in [0.25, 0.3) is 0 Å². The molecule has 1 saturated heterocycles. The van der Waals surface area contributed by atoms with E-state index in [1.807, 2.05) is 12.1 Å². The summed E-state index contributed by atoms with van der Waals surface area (Å²) in [5, 5.41) is 0.802. The molecule has 0 radical (unpaired) electrons. The van der Waals surface area contributed by atoms with Crippen molar-refractivity contribution in [3.05, 3.63) is 34.9 Å². The molecule has 1 aromatic carbocycles. The Morgan fingerprint density at radius 3 is 2.48 bits per heavy atom. The van der Waals surface area contributed by atoms with Gasteiger partial charge in [-0.05, 0) is 62.8 Å². The molecule has 2 aliphatic rings. The second-order valence-electron chi connectivity index (χ2n) is 6.85. The molecule has 3 heteroatoms. The molecule has 1 aliphatic heterocycles. The van der Waals surface area contributed by atoms with Crippen LogP contribution in [-0.2, 0) is 0 Å². The van der Waals surface area contributed by atoms with Gasteiger partial charge >= 0.3 is 0 Å². The lowest BCUT2D eigenvalue weighted by molar-refractivity contribution is 0.0178. The molecule has 1 heterocycles. The summed E-state index contributed by atoms with van der Waals surface area (Å²) in [4.78, 5) is 2.71. The molecule has 1 aliphatic carbocycles. The van der Waals surface area contributed by atoms with Gasteiger partial charge in [0.05, 0.1) is 0 Å². The van der Waals surface area contributed by atoms with E-state index >= 15 is 0 Å². The second-order valence-corrected chi connectivity index (χ2v) is 7.28. The van der Waals surface area contributed by atoms with Crippen LogP contribution in [0.2, 0.25) is 5.02 Å². The van der Waals surface area contributed by atoms with Crippen LogP contribution in [-0.4, -0.2) is 23.5 Å². The van der Waals surface area contributed by atoms with Crippen molar-refractivity contribution in [1.82, 2.24) is 4.90 Å². The van der Waals surface area contributed by atoms with Crippen molar-refractivity contribution >= 4 is 11.6 Å². The fourth-order valence-corrected chi connectivity index (χ4v) is 4.59. The number of nitrogens with zero attached hydrogens (tertiary/aromatic N) is 1. The van der Waals surface area contributed by atoms with Crippen LogP contribution >= 0.6 is 11.6 Å². The largest absolute Gasteiger partial charge is 0.326 e. The highest BCUT2D eigenvalue weighted by molar-refractivity contribution is 6.30. The molecule has 2 fully saturated rings. The van der Waals surface area contributed by atoms with Crippen molar-refractivity contribution in [1.29, 1.82) is 0 Å². The first kappa shape index (κ1) is 15.3. The number of nitrogens with two attached hydrogens (primary N) is 1. The van der Waals surface area contributed by atoms with Crippen molar-refractivity contribution in [3.8, 4) is 0 Å². The number of rotatable bonds is 3. The fraction of sp³-hybridized carbons (Fsp3) is 0.667. The van der Waals surface area contributed by atoms with E-state index in [2.05, 4.69) is 24.0 Å². The number of likely N-dealkylation sites (tertiary alicyclic amines) is 1. The molecule has 2 nitrogen and oxygen atoms in total. The summed E-state index contributed by atoms with van der Waals surface area (Å²) in [5.41, 5.74) is 7.70. The fourth-order valence-electron chi connectivity index (χ4n) is 4.47. The topological polar surface area (TPSA) is 29.3 Å². The average molecular weight is 307 g/mol. The third-order valence-electron chi connectivity index (χ3n) is 5.35. The lowest BCUT2D eigenvalue weighted by Gasteiger charge is -2.49. The molecule has 0 aromatic heterocycles. The maximum Gasteiger partial charge on any atom is 0.0499 e. The van der Waals surface area contributed by atoms with Gasteiger partial charge in [0.25, 0.3) is 0 Å². The standard InChI is InChI=1S/C18H27ClN2/c1-13(20)18(15-8-10-16(19)11-9-15)21-12-4-6-14-5-2-3-7-17(14)21/h8-11,13-14,17-18H,2-7,12,20H2,1H3. The molecular formula is C18H27ClN2. The minimum Gasteiger partial charge on any atom is -0.326 e. The third-order valence-corrected chi connectivity index (χ3v) is 5.60. The number of hydrogen-bond acceptors (Lipinski definition) is 2. The maximum atomic E-state index is 6.38. The molecule has 1 aromatic rings. The first-order valence-corrected chi connectivity index (χ1v) is 8.81. The normalized spacial score (nSPS) is 29.7. The molecular weight excluding hydrogens is 280 g/mol. The van der Waals surface area contributed by atoms with E-state index in [0.29, 0.717) is 6.04 Å². The van der Waals surface area contributed by atoms with Gasteiger partial charge < -0.3 is 5.73 Å². The Hall–Kier alpha value is -0.570. The number of piperidine rings is 1. The molecule has 116 valence electrons. The maximum absolute atomic E-state index is 6.38. The Labute approximate surface area is 133 Å². The molecule has 4 atom stereocenters. The number of halogens is 1. The molecule has 21 heavy (non-hydrogen) atoms. The Morgan fingerprint density at radius 1 is 1.10 bits per heavy atom. The van der Waals surface area contributed by atoms with Crippen molar-refractivity contribution in [2.24, 2.45) is 11.7 Å². The van der Waals surface area contributed by atoms with Crippen LogP contribution in [0.15, 0.2) is 24.3 Å². The summed E-state index contributed by atoms with van der Waals surface area (Å²) >= 11 is 6.05. The summed E-state index contributed by atoms with van der Waals surface area (Å²) in [6, 6.07) is 9.51. The summed E-state index contributed by atoms with van der Waals surface area (Å²) in [5.74, 6) is 0.890. The average Bonchev–Trinajstić information content (AvgIpc) is 2.49.